The zero-order valence-corrected chi connectivity index (χ0v) is 11.4. The molecule has 0 spiro atoms. The molecule has 0 aliphatic carbocycles. The summed E-state index contributed by atoms with van der Waals surface area (Å²) < 4.78 is 5.67. The van der Waals surface area contributed by atoms with Gasteiger partial charge in [0.05, 0.1) is 0 Å². The molecule has 2 aromatic carbocycles. The minimum absolute atomic E-state index is 0.0993. The monoisotopic (exact) mass is 281 g/mol. The van der Waals surface area contributed by atoms with Crippen LogP contribution in [0.3, 0.4) is 0 Å². The van der Waals surface area contributed by atoms with Crippen LogP contribution in [-0.4, -0.2) is 0 Å². The molecule has 0 fully saturated rings. The Hall–Kier alpha value is -1.22. The van der Waals surface area contributed by atoms with E-state index in [1.54, 1.807) is 18.2 Å². The third-order valence-electron chi connectivity index (χ3n) is 2.49. The van der Waals surface area contributed by atoms with E-state index in [1.165, 1.54) is 0 Å². The minimum atomic E-state index is -0.0993. The van der Waals surface area contributed by atoms with Gasteiger partial charge < -0.3 is 10.5 Å². The normalized spacial score (nSPS) is 12.2. The van der Waals surface area contributed by atoms with E-state index < -0.39 is 0 Å². The van der Waals surface area contributed by atoms with E-state index in [9.17, 15) is 0 Å². The molecule has 2 N–H and O–H groups in total. The van der Waals surface area contributed by atoms with E-state index in [2.05, 4.69) is 0 Å². The largest absolute Gasteiger partial charge is 0.457 e. The summed E-state index contributed by atoms with van der Waals surface area (Å²) in [6, 6.07) is 12.6. The van der Waals surface area contributed by atoms with Crippen molar-refractivity contribution in [1.29, 1.82) is 0 Å². The zero-order valence-electron chi connectivity index (χ0n) is 9.86. The summed E-state index contributed by atoms with van der Waals surface area (Å²) in [7, 11) is 0. The summed E-state index contributed by atoms with van der Waals surface area (Å²) in [6.07, 6.45) is 0. The van der Waals surface area contributed by atoms with Gasteiger partial charge in [0.25, 0.3) is 0 Å². The maximum Gasteiger partial charge on any atom is 0.128 e. The lowest BCUT2D eigenvalue weighted by atomic mass is 10.1. The number of benzene rings is 2. The molecule has 0 aromatic heterocycles. The molecule has 0 heterocycles. The van der Waals surface area contributed by atoms with Crippen LogP contribution in [0.4, 0.5) is 0 Å². The van der Waals surface area contributed by atoms with Crippen molar-refractivity contribution in [1.82, 2.24) is 0 Å². The molecule has 18 heavy (non-hydrogen) atoms. The van der Waals surface area contributed by atoms with Crippen molar-refractivity contribution in [2.45, 2.75) is 13.0 Å². The molecule has 4 heteroatoms. The first-order valence-electron chi connectivity index (χ1n) is 5.54. The van der Waals surface area contributed by atoms with Gasteiger partial charge in [-0.3, -0.25) is 0 Å². The predicted octanol–water partition coefficient (Wildman–Crippen LogP) is 4.81. The van der Waals surface area contributed by atoms with Crippen LogP contribution in [0.5, 0.6) is 11.5 Å². The lowest BCUT2D eigenvalue weighted by Crippen LogP contribution is -2.05. The Morgan fingerprint density at radius 3 is 2.39 bits per heavy atom. The van der Waals surface area contributed by atoms with Gasteiger partial charge in [-0.15, -0.1) is 0 Å². The molecule has 2 nitrogen and oxygen atoms in total. The van der Waals surface area contributed by atoms with Crippen LogP contribution in [0.1, 0.15) is 18.5 Å². The van der Waals surface area contributed by atoms with Crippen molar-refractivity contribution in [3.05, 3.63) is 58.1 Å². The van der Waals surface area contributed by atoms with Gasteiger partial charge >= 0.3 is 0 Å². The highest BCUT2D eigenvalue weighted by molar-refractivity contribution is 6.31. The van der Waals surface area contributed by atoms with E-state index in [-0.39, 0.29) is 6.04 Å². The third-order valence-corrected chi connectivity index (χ3v) is 3.06. The highest BCUT2D eigenvalue weighted by Gasteiger charge is 2.07. The van der Waals surface area contributed by atoms with E-state index >= 15 is 0 Å². The molecule has 2 rings (SSSR count). The first-order chi connectivity index (χ1) is 8.56. The highest BCUT2D eigenvalue weighted by Crippen LogP contribution is 2.29. The number of rotatable bonds is 3. The van der Waals surface area contributed by atoms with Crippen LogP contribution >= 0.6 is 23.2 Å². The number of halogens is 2. The second-order valence-electron chi connectivity index (χ2n) is 4.03. The number of hydrogen-bond acceptors (Lipinski definition) is 2. The summed E-state index contributed by atoms with van der Waals surface area (Å²) in [4.78, 5) is 0. The summed E-state index contributed by atoms with van der Waals surface area (Å²) in [5, 5.41) is 1.23. The molecule has 0 bridgehead atoms. The van der Waals surface area contributed by atoms with Gasteiger partial charge in [-0.2, -0.15) is 0 Å². The van der Waals surface area contributed by atoms with Crippen molar-refractivity contribution < 1.29 is 4.74 Å². The van der Waals surface area contributed by atoms with Crippen LogP contribution in [0.15, 0.2) is 42.5 Å². The Bertz CT molecular complexity index is 555. The standard InChI is InChI=1S/C14H13Cl2NO/c1-9(17)13-6-5-12(8-14(13)16)18-11-4-2-3-10(15)7-11/h2-9H,17H2,1H3. The first kappa shape index (κ1) is 13.2. The summed E-state index contributed by atoms with van der Waals surface area (Å²) in [5.41, 5.74) is 6.69. The third kappa shape index (κ3) is 3.16. The van der Waals surface area contributed by atoms with Crippen LogP contribution in [0.2, 0.25) is 10.0 Å². The average molecular weight is 282 g/mol. The van der Waals surface area contributed by atoms with Gasteiger partial charge in [-0.25, -0.2) is 0 Å². The Labute approximate surface area is 116 Å². The maximum absolute atomic E-state index is 6.14. The molecular formula is C14H13Cl2NO. The fourth-order valence-electron chi connectivity index (χ4n) is 1.61. The molecule has 0 aliphatic rings. The Morgan fingerprint density at radius 1 is 1.06 bits per heavy atom. The average Bonchev–Trinajstić information content (AvgIpc) is 2.28. The van der Waals surface area contributed by atoms with E-state index in [4.69, 9.17) is 33.7 Å². The Kier molecular flexibility index (Phi) is 4.12. The van der Waals surface area contributed by atoms with Crippen LogP contribution < -0.4 is 10.5 Å². The van der Waals surface area contributed by atoms with Gasteiger partial charge in [0, 0.05) is 16.1 Å². The smallest absolute Gasteiger partial charge is 0.128 e. The van der Waals surface area contributed by atoms with Crippen molar-refractivity contribution in [2.24, 2.45) is 5.73 Å². The van der Waals surface area contributed by atoms with Gasteiger partial charge in [0.1, 0.15) is 11.5 Å². The summed E-state index contributed by atoms with van der Waals surface area (Å²) in [5.74, 6) is 1.33. The van der Waals surface area contributed by atoms with E-state index in [0.29, 0.717) is 21.5 Å². The van der Waals surface area contributed by atoms with Crippen LogP contribution in [0.25, 0.3) is 0 Å². The molecule has 0 aliphatic heterocycles. The molecule has 0 radical (unpaired) electrons. The number of hydrogen-bond donors (Lipinski definition) is 1. The molecule has 0 amide bonds. The van der Waals surface area contributed by atoms with E-state index in [1.807, 2.05) is 31.2 Å². The topological polar surface area (TPSA) is 35.2 Å². The lowest BCUT2D eigenvalue weighted by Gasteiger charge is -2.11. The Balaban J connectivity index is 2.23. The number of nitrogens with two attached hydrogens (primary N) is 1. The van der Waals surface area contributed by atoms with Gasteiger partial charge in [-0.05, 0) is 42.8 Å². The summed E-state index contributed by atoms with van der Waals surface area (Å²) >= 11 is 12.0. The van der Waals surface area contributed by atoms with Crippen molar-refractivity contribution >= 4 is 23.2 Å². The first-order valence-corrected chi connectivity index (χ1v) is 6.30. The molecule has 1 atom stereocenters. The van der Waals surface area contributed by atoms with Gasteiger partial charge in [-0.1, -0.05) is 35.3 Å². The molecule has 0 saturated heterocycles. The lowest BCUT2D eigenvalue weighted by molar-refractivity contribution is 0.482. The Morgan fingerprint density at radius 2 is 1.78 bits per heavy atom. The molecular weight excluding hydrogens is 269 g/mol. The minimum Gasteiger partial charge on any atom is -0.457 e. The van der Waals surface area contributed by atoms with E-state index in [0.717, 1.165) is 5.56 Å². The molecule has 0 saturated carbocycles. The van der Waals surface area contributed by atoms with Crippen LogP contribution in [-0.2, 0) is 0 Å². The van der Waals surface area contributed by atoms with Gasteiger partial charge in [0.15, 0.2) is 0 Å². The fourth-order valence-corrected chi connectivity index (χ4v) is 2.13. The second kappa shape index (κ2) is 5.61. The number of ether oxygens (including phenoxy) is 1. The molecule has 94 valence electrons. The van der Waals surface area contributed by atoms with Gasteiger partial charge in [0.2, 0.25) is 0 Å². The van der Waals surface area contributed by atoms with Crippen molar-refractivity contribution in [3.8, 4) is 11.5 Å². The predicted molar refractivity (Wildman–Crippen MR) is 75.6 cm³/mol. The maximum atomic E-state index is 6.14. The molecule has 1 unspecified atom stereocenters. The fraction of sp³-hybridized carbons (Fsp3) is 0.143. The summed E-state index contributed by atoms with van der Waals surface area (Å²) in [6.45, 7) is 1.89. The molecule has 2 aromatic rings. The SMILES string of the molecule is CC(N)c1ccc(Oc2cccc(Cl)c2)cc1Cl. The van der Waals surface area contributed by atoms with Crippen LogP contribution in [0, 0.1) is 0 Å². The quantitative estimate of drug-likeness (QED) is 0.877. The van der Waals surface area contributed by atoms with Crippen molar-refractivity contribution in [2.75, 3.05) is 0 Å². The highest BCUT2D eigenvalue weighted by atomic mass is 35.5. The van der Waals surface area contributed by atoms with Crippen molar-refractivity contribution in [3.63, 3.8) is 0 Å². The second-order valence-corrected chi connectivity index (χ2v) is 4.88. The zero-order chi connectivity index (χ0) is 13.1.